The van der Waals surface area contributed by atoms with Gasteiger partial charge in [-0.3, -0.25) is 0 Å². The molecule has 0 saturated heterocycles. The Morgan fingerprint density at radius 2 is 1.67 bits per heavy atom. The molecule has 0 aliphatic carbocycles. The second-order valence-corrected chi connectivity index (χ2v) is 3.75. The van der Waals surface area contributed by atoms with Crippen molar-refractivity contribution in [3.8, 4) is 16.9 Å². The number of hydrogen-bond acceptors (Lipinski definition) is 2. The number of benzene rings is 2. The lowest BCUT2D eigenvalue weighted by Crippen LogP contribution is -1.95. The van der Waals surface area contributed by atoms with E-state index in [1.807, 2.05) is 30.3 Å². The van der Waals surface area contributed by atoms with Crippen molar-refractivity contribution in [3.05, 3.63) is 53.8 Å². The van der Waals surface area contributed by atoms with E-state index in [2.05, 4.69) is 0 Å². The van der Waals surface area contributed by atoms with Gasteiger partial charge < -0.3 is 10.5 Å². The molecule has 4 heteroatoms. The van der Waals surface area contributed by atoms with Crippen LogP contribution in [-0.4, -0.2) is 7.11 Å². The van der Waals surface area contributed by atoms with Gasteiger partial charge in [0.1, 0.15) is 0 Å². The molecule has 2 rings (SSSR count). The van der Waals surface area contributed by atoms with E-state index < -0.39 is 0 Å². The highest BCUT2D eigenvalue weighted by Crippen LogP contribution is 2.25. The standard InChI is InChI=1S/C14H14FNO.ClH/c1-17-14-7-6-12(8-13(14)15)11-4-2-10(9-16)3-5-11;/h2-8H,9,16H2,1H3;1H. The number of methoxy groups -OCH3 is 1. The lowest BCUT2D eigenvalue weighted by molar-refractivity contribution is 0.386. The molecule has 0 aliphatic heterocycles. The highest BCUT2D eigenvalue weighted by molar-refractivity contribution is 5.85. The Balaban J connectivity index is 0.00000162. The van der Waals surface area contributed by atoms with E-state index in [-0.39, 0.29) is 24.0 Å². The molecular weight excluding hydrogens is 253 g/mol. The van der Waals surface area contributed by atoms with Gasteiger partial charge in [0.25, 0.3) is 0 Å². The van der Waals surface area contributed by atoms with Gasteiger partial charge in [0.15, 0.2) is 11.6 Å². The Hall–Kier alpha value is -1.58. The third kappa shape index (κ3) is 3.00. The lowest BCUT2D eigenvalue weighted by atomic mass is 10.0. The van der Waals surface area contributed by atoms with E-state index in [4.69, 9.17) is 10.5 Å². The van der Waals surface area contributed by atoms with Crippen LogP contribution in [0.25, 0.3) is 11.1 Å². The molecule has 2 aromatic carbocycles. The van der Waals surface area contributed by atoms with Crippen LogP contribution < -0.4 is 10.5 Å². The smallest absolute Gasteiger partial charge is 0.165 e. The summed E-state index contributed by atoms with van der Waals surface area (Å²) in [5.41, 5.74) is 8.37. The summed E-state index contributed by atoms with van der Waals surface area (Å²) in [6.07, 6.45) is 0. The number of ether oxygens (including phenoxy) is 1. The zero-order chi connectivity index (χ0) is 12.3. The van der Waals surface area contributed by atoms with Crippen molar-refractivity contribution in [1.82, 2.24) is 0 Å². The van der Waals surface area contributed by atoms with E-state index in [1.54, 1.807) is 6.07 Å². The van der Waals surface area contributed by atoms with Gasteiger partial charge in [-0.25, -0.2) is 4.39 Å². The number of nitrogens with two attached hydrogens (primary N) is 1. The molecule has 0 radical (unpaired) electrons. The molecule has 0 saturated carbocycles. The van der Waals surface area contributed by atoms with Gasteiger partial charge in [0.2, 0.25) is 0 Å². The maximum atomic E-state index is 13.5. The molecule has 0 heterocycles. The van der Waals surface area contributed by atoms with E-state index >= 15 is 0 Å². The van der Waals surface area contributed by atoms with E-state index in [9.17, 15) is 4.39 Å². The van der Waals surface area contributed by atoms with Crippen molar-refractivity contribution in [2.75, 3.05) is 7.11 Å². The van der Waals surface area contributed by atoms with Crippen LogP contribution in [0.1, 0.15) is 5.56 Å². The largest absolute Gasteiger partial charge is 0.494 e. The first-order valence-electron chi connectivity index (χ1n) is 5.37. The van der Waals surface area contributed by atoms with Crippen LogP contribution >= 0.6 is 12.4 Å². The molecule has 2 N–H and O–H groups in total. The van der Waals surface area contributed by atoms with E-state index in [0.29, 0.717) is 6.54 Å². The van der Waals surface area contributed by atoms with Gasteiger partial charge in [0.05, 0.1) is 7.11 Å². The van der Waals surface area contributed by atoms with Gasteiger partial charge in [-0.15, -0.1) is 12.4 Å². The summed E-state index contributed by atoms with van der Waals surface area (Å²) in [6.45, 7) is 0.511. The van der Waals surface area contributed by atoms with Gasteiger partial charge in [-0.2, -0.15) is 0 Å². The third-order valence-electron chi connectivity index (χ3n) is 2.67. The summed E-state index contributed by atoms with van der Waals surface area (Å²) in [6, 6.07) is 12.7. The van der Waals surface area contributed by atoms with Crippen LogP contribution in [-0.2, 0) is 6.54 Å². The summed E-state index contributed by atoms with van der Waals surface area (Å²) >= 11 is 0. The first-order valence-corrected chi connectivity index (χ1v) is 5.37. The molecule has 0 spiro atoms. The normalized spacial score (nSPS) is 9.72. The maximum absolute atomic E-state index is 13.5. The Morgan fingerprint density at radius 3 is 2.17 bits per heavy atom. The fourth-order valence-electron chi connectivity index (χ4n) is 1.68. The summed E-state index contributed by atoms with van der Waals surface area (Å²) < 4.78 is 18.4. The lowest BCUT2D eigenvalue weighted by Gasteiger charge is -2.06. The zero-order valence-electron chi connectivity index (χ0n) is 10.0. The Bertz CT molecular complexity index is 514. The number of hydrogen-bond donors (Lipinski definition) is 1. The van der Waals surface area contributed by atoms with Crippen LogP contribution in [0.5, 0.6) is 5.75 Å². The Labute approximate surface area is 112 Å². The SMILES string of the molecule is COc1ccc(-c2ccc(CN)cc2)cc1F.Cl. The molecule has 0 unspecified atom stereocenters. The summed E-state index contributed by atoms with van der Waals surface area (Å²) in [7, 11) is 1.45. The fourth-order valence-corrected chi connectivity index (χ4v) is 1.68. The van der Waals surface area contributed by atoms with Crippen LogP contribution in [0.2, 0.25) is 0 Å². The van der Waals surface area contributed by atoms with Crippen molar-refractivity contribution in [1.29, 1.82) is 0 Å². The molecule has 18 heavy (non-hydrogen) atoms. The highest BCUT2D eigenvalue weighted by Gasteiger charge is 2.04. The minimum Gasteiger partial charge on any atom is -0.494 e. The molecule has 96 valence electrons. The summed E-state index contributed by atoms with van der Waals surface area (Å²) in [5.74, 6) is -0.0970. The van der Waals surface area contributed by atoms with Crippen LogP contribution in [0.15, 0.2) is 42.5 Å². The van der Waals surface area contributed by atoms with Crippen LogP contribution in [0.3, 0.4) is 0 Å². The minimum atomic E-state index is -0.354. The van der Waals surface area contributed by atoms with Gasteiger partial charge >= 0.3 is 0 Å². The van der Waals surface area contributed by atoms with Crippen LogP contribution in [0.4, 0.5) is 4.39 Å². The molecule has 0 bridgehead atoms. The molecule has 0 amide bonds. The monoisotopic (exact) mass is 267 g/mol. The van der Waals surface area contributed by atoms with Crippen molar-refractivity contribution in [2.24, 2.45) is 5.73 Å². The van der Waals surface area contributed by atoms with Gasteiger partial charge in [0, 0.05) is 6.54 Å². The van der Waals surface area contributed by atoms with Crippen molar-refractivity contribution < 1.29 is 9.13 Å². The molecule has 2 aromatic rings. The van der Waals surface area contributed by atoms with Gasteiger partial charge in [-0.05, 0) is 28.8 Å². The average Bonchev–Trinajstić information content (AvgIpc) is 2.39. The summed E-state index contributed by atoms with van der Waals surface area (Å²) in [4.78, 5) is 0. The highest BCUT2D eigenvalue weighted by atomic mass is 35.5. The quantitative estimate of drug-likeness (QED) is 0.925. The second kappa shape index (κ2) is 6.38. The van der Waals surface area contributed by atoms with Gasteiger partial charge in [-0.1, -0.05) is 30.3 Å². The first kappa shape index (κ1) is 14.5. The minimum absolute atomic E-state index is 0. The molecular formula is C14H15ClFNO. The predicted octanol–water partition coefficient (Wildman–Crippen LogP) is 3.38. The molecule has 0 aromatic heterocycles. The third-order valence-corrected chi connectivity index (χ3v) is 2.67. The molecule has 0 fully saturated rings. The second-order valence-electron chi connectivity index (χ2n) is 3.75. The number of halogens is 2. The van der Waals surface area contributed by atoms with Crippen LogP contribution in [0, 0.1) is 5.82 Å². The topological polar surface area (TPSA) is 35.2 Å². The van der Waals surface area contributed by atoms with E-state index in [1.165, 1.54) is 13.2 Å². The van der Waals surface area contributed by atoms with Crippen molar-refractivity contribution >= 4 is 12.4 Å². The summed E-state index contributed by atoms with van der Waals surface area (Å²) in [5, 5.41) is 0. The Kier molecular flexibility index (Phi) is 5.13. The molecule has 0 atom stereocenters. The first-order chi connectivity index (χ1) is 8.24. The maximum Gasteiger partial charge on any atom is 0.165 e. The van der Waals surface area contributed by atoms with E-state index in [0.717, 1.165) is 16.7 Å². The van der Waals surface area contributed by atoms with Crippen molar-refractivity contribution in [2.45, 2.75) is 6.54 Å². The fraction of sp³-hybridized carbons (Fsp3) is 0.143. The number of rotatable bonds is 3. The zero-order valence-corrected chi connectivity index (χ0v) is 10.8. The molecule has 2 nitrogen and oxygen atoms in total. The molecule has 0 aliphatic rings. The predicted molar refractivity (Wildman–Crippen MR) is 73.5 cm³/mol. The average molecular weight is 268 g/mol. The Morgan fingerprint density at radius 1 is 1.06 bits per heavy atom. The van der Waals surface area contributed by atoms with Crippen molar-refractivity contribution in [3.63, 3.8) is 0 Å².